The maximum Gasteiger partial charge on any atom is 0.227 e. The normalized spacial score (nSPS) is 12.1. The Hall–Kier alpha value is -1.61. The molecule has 0 spiro atoms. The summed E-state index contributed by atoms with van der Waals surface area (Å²) in [4.78, 5) is 13.1. The smallest absolute Gasteiger partial charge is 0.227 e. The van der Waals surface area contributed by atoms with E-state index in [1.54, 1.807) is 11.3 Å². The molecule has 18 heavy (non-hydrogen) atoms. The first-order valence-corrected chi connectivity index (χ1v) is 7.04. The first-order chi connectivity index (χ1) is 8.72. The molecule has 0 saturated carbocycles. The topological polar surface area (TPSA) is 29.1 Å². The van der Waals surface area contributed by atoms with E-state index in [0.717, 1.165) is 17.7 Å². The molecule has 2 aromatic rings. The summed E-state index contributed by atoms with van der Waals surface area (Å²) in [6, 6.07) is 12.0. The van der Waals surface area contributed by atoms with Crippen molar-refractivity contribution in [2.45, 2.75) is 20.3 Å². The van der Waals surface area contributed by atoms with Crippen molar-refractivity contribution in [3.8, 4) is 10.4 Å². The van der Waals surface area contributed by atoms with Crippen molar-refractivity contribution in [1.29, 1.82) is 0 Å². The standard InChI is InChI=1S/C15H17NOS/c1-3-11(2)15(17)16-13-8-5-4-7-12(13)14-9-6-10-18-14/h4-11H,3H2,1-2H3,(H,16,17)/t11-/m1/s1. The van der Waals surface area contributed by atoms with Gasteiger partial charge in [-0.15, -0.1) is 11.3 Å². The van der Waals surface area contributed by atoms with E-state index in [0.29, 0.717) is 0 Å². The average molecular weight is 259 g/mol. The Bertz CT molecular complexity index is 519. The number of carbonyl (C=O) groups is 1. The fourth-order valence-corrected chi connectivity index (χ4v) is 2.45. The third-order valence-corrected chi connectivity index (χ3v) is 3.93. The number of rotatable bonds is 4. The molecular weight excluding hydrogens is 242 g/mol. The van der Waals surface area contributed by atoms with E-state index in [4.69, 9.17) is 0 Å². The number of thiophene rings is 1. The fourth-order valence-electron chi connectivity index (χ4n) is 1.68. The second kappa shape index (κ2) is 5.83. The molecule has 0 aliphatic rings. The Morgan fingerprint density at radius 2 is 2.06 bits per heavy atom. The van der Waals surface area contributed by atoms with Crippen molar-refractivity contribution in [3.05, 3.63) is 41.8 Å². The van der Waals surface area contributed by atoms with Crippen LogP contribution in [0.3, 0.4) is 0 Å². The van der Waals surface area contributed by atoms with E-state index >= 15 is 0 Å². The summed E-state index contributed by atoms with van der Waals surface area (Å²) in [6.07, 6.45) is 0.854. The van der Waals surface area contributed by atoms with E-state index in [9.17, 15) is 4.79 Å². The van der Waals surface area contributed by atoms with Crippen LogP contribution in [-0.4, -0.2) is 5.91 Å². The van der Waals surface area contributed by atoms with Crippen molar-refractivity contribution < 1.29 is 4.79 Å². The molecule has 1 atom stereocenters. The number of anilines is 1. The van der Waals surface area contributed by atoms with Gasteiger partial charge in [0.05, 0.1) is 0 Å². The van der Waals surface area contributed by atoms with E-state index in [1.165, 1.54) is 4.88 Å². The zero-order valence-electron chi connectivity index (χ0n) is 10.6. The highest BCUT2D eigenvalue weighted by molar-refractivity contribution is 7.13. The molecule has 0 aliphatic carbocycles. The Kier molecular flexibility index (Phi) is 4.15. The lowest BCUT2D eigenvalue weighted by Gasteiger charge is -2.13. The molecule has 0 bridgehead atoms. The van der Waals surface area contributed by atoms with Gasteiger partial charge in [-0.3, -0.25) is 4.79 Å². The molecule has 2 nitrogen and oxygen atoms in total. The molecule has 0 aliphatic heterocycles. The summed E-state index contributed by atoms with van der Waals surface area (Å²) in [5.41, 5.74) is 1.98. The van der Waals surface area contributed by atoms with Gasteiger partial charge in [-0.25, -0.2) is 0 Å². The van der Waals surface area contributed by atoms with Crippen LogP contribution in [-0.2, 0) is 4.79 Å². The third-order valence-electron chi connectivity index (χ3n) is 3.03. The Morgan fingerprint density at radius 1 is 1.28 bits per heavy atom. The van der Waals surface area contributed by atoms with Gasteiger partial charge in [0.1, 0.15) is 0 Å². The molecule has 0 saturated heterocycles. The highest BCUT2D eigenvalue weighted by atomic mass is 32.1. The van der Waals surface area contributed by atoms with Crippen molar-refractivity contribution in [2.24, 2.45) is 5.92 Å². The summed E-state index contributed by atoms with van der Waals surface area (Å²) < 4.78 is 0. The lowest BCUT2D eigenvalue weighted by Crippen LogP contribution is -2.19. The summed E-state index contributed by atoms with van der Waals surface area (Å²) in [5, 5.41) is 5.06. The van der Waals surface area contributed by atoms with Crippen LogP contribution in [0.15, 0.2) is 41.8 Å². The quantitative estimate of drug-likeness (QED) is 0.866. The van der Waals surface area contributed by atoms with Crippen molar-refractivity contribution >= 4 is 22.9 Å². The van der Waals surface area contributed by atoms with Gasteiger partial charge in [0.15, 0.2) is 0 Å². The molecule has 94 valence electrons. The molecule has 2 rings (SSSR count). The monoisotopic (exact) mass is 259 g/mol. The summed E-state index contributed by atoms with van der Waals surface area (Å²) in [7, 11) is 0. The minimum atomic E-state index is 0.0430. The van der Waals surface area contributed by atoms with Gasteiger partial charge >= 0.3 is 0 Å². The number of benzene rings is 1. The maximum absolute atomic E-state index is 12.0. The first-order valence-electron chi connectivity index (χ1n) is 6.16. The number of para-hydroxylation sites is 1. The highest BCUT2D eigenvalue weighted by Gasteiger charge is 2.13. The van der Waals surface area contributed by atoms with E-state index < -0.39 is 0 Å². The van der Waals surface area contributed by atoms with Gasteiger partial charge < -0.3 is 5.32 Å². The molecule has 0 fully saturated rings. The Balaban J connectivity index is 2.26. The number of hydrogen-bond acceptors (Lipinski definition) is 2. The highest BCUT2D eigenvalue weighted by Crippen LogP contribution is 2.31. The molecule has 1 heterocycles. The Labute approximate surface area is 112 Å². The first kappa shape index (κ1) is 12.8. The van der Waals surface area contributed by atoms with E-state index in [-0.39, 0.29) is 11.8 Å². The molecule has 3 heteroatoms. The van der Waals surface area contributed by atoms with Gasteiger partial charge in [0.25, 0.3) is 0 Å². The molecule has 1 N–H and O–H groups in total. The minimum absolute atomic E-state index is 0.0430. The summed E-state index contributed by atoms with van der Waals surface area (Å²) >= 11 is 1.68. The lowest BCUT2D eigenvalue weighted by atomic mass is 10.1. The maximum atomic E-state index is 12.0. The van der Waals surface area contributed by atoms with Crippen LogP contribution in [0.5, 0.6) is 0 Å². The van der Waals surface area contributed by atoms with Crippen LogP contribution in [0, 0.1) is 5.92 Å². The zero-order valence-corrected chi connectivity index (χ0v) is 11.5. The van der Waals surface area contributed by atoms with Gasteiger partial charge in [0, 0.05) is 22.0 Å². The lowest BCUT2D eigenvalue weighted by molar-refractivity contribution is -0.119. The molecule has 1 aromatic carbocycles. The summed E-state index contributed by atoms with van der Waals surface area (Å²) in [5.74, 6) is 0.128. The largest absolute Gasteiger partial charge is 0.325 e. The van der Waals surface area contributed by atoms with Gasteiger partial charge in [-0.2, -0.15) is 0 Å². The SMILES string of the molecule is CC[C@@H](C)C(=O)Nc1ccccc1-c1cccs1. The summed E-state index contributed by atoms with van der Waals surface area (Å²) in [6.45, 7) is 3.97. The van der Waals surface area contributed by atoms with Crippen molar-refractivity contribution in [3.63, 3.8) is 0 Å². The molecule has 1 amide bonds. The predicted octanol–water partition coefficient (Wildman–Crippen LogP) is 4.40. The number of nitrogens with one attached hydrogen (secondary N) is 1. The predicted molar refractivity (Wildman–Crippen MR) is 77.8 cm³/mol. The second-order valence-corrected chi connectivity index (χ2v) is 5.27. The van der Waals surface area contributed by atoms with Crippen LogP contribution in [0.25, 0.3) is 10.4 Å². The number of carbonyl (C=O) groups excluding carboxylic acids is 1. The molecule has 1 aromatic heterocycles. The van der Waals surface area contributed by atoms with Crippen molar-refractivity contribution in [1.82, 2.24) is 0 Å². The second-order valence-electron chi connectivity index (χ2n) is 4.32. The van der Waals surface area contributed by atoms with Crippen LogP contribution in [0.1, 0.15) is 20.3 Å². The zero-order chi connectivity index (χ0) is 13.0. The van der Waals surface area contributed by atoms with Crippen LogP contribution >= 0.6 is 11.3 Å². The van der Waals surface area contributed by atoms with Gasteiger partial charge in [-0.1, -0.05) is 38.1 Å². The van der Waals surface area contributed by atoms with Crippen LogP contribution in [0.4, 0.5) is 5.69 Å². The van der Waals surface area contributed by atoms with Gasteiger partial charge in [-0.05, 0) is 23.9 Å². The van der Waals surface area contributed by atoms with Crippen LogP contribution in [0.2, 0.25) is 0 Å². The van der Waals surface area contributed by atoms with Crippen molar-refractivity contribution in [2.75, 3.05) is 5.32 Å². The average Bonchev–Trinajstić information content (AvgIpc) is 2.92. The van der Waals surface area contributed by atoms with E-state index in [1.807, 2.05) is 49.6 Å². The third kappa shape index (κ3) is 2.79. The van der Waals surface area contributed by atoms with E-state index in [2.05, 4.69) is 11.4 Å². The molecule has 0 radical (unpaired) electrons. The molecule has 0 unspecified atom stereocenters. The Morgan fingerprint density at radius 3 is 2.72 bits per heavy atom. The van der Waals surface area contributed by atoms with Gasteiger partial charge in [0.2, 0.25) is 5.91 Å². The molecular formula is C15H17NOS. The number of hydrogen-bond donors (Lipinski definition) is 1. The fraction of sp³-hybridized carbons (Fsp3) is 0.267. The minimum Gasteiger partial charge on any atom is -0.325 e. The van der Waals surface area contributed by atoms with Crippen LogP contribution < -0.4 is 5.32 Å². The number of amides is 1.